The third kappa shape index (κ3) is 1.27. The summed E-state index contributed by atoms with van der Waals surface area (Å²) in [5.74, 6) is 0. The first-order valence-electron chi connectivity index (χ1n) is 3.66. The van der Waals surface area contributed by atoms with Gasteiger partial charge in [-0.2, -0.15) is 0 Å². The van der Waals surface area contributed by atoms with Gasteiger partial charge in [0.25, 0.3) is 0 Å². The Kier molecular flexibility index (Phi) is 1.67. The first kappa shape index (κ1) is 7.83. The number of halogens is 1. The Hall–Kier alpha value is 0.200. The first-order chi connectivity index (χ1) is 5.07. The molecule has 64 valence electrons. The molecule has 11 heavy (non-hydrogen) atoms. The maximum Gasteiger partial charge on any atom is 0.238 e. The lowest BCUT2D eigenvalue weighted by molar-refractivity contribution is 0.105. The van der Waals surface area contributed by atoms with Gasteiger partial charge in [-0.25, -0.2) is 8.42 Å². The summed E-state index contributed by atoms with van der Waals surface area (Å²) in [6.45, 7) is 0. The molecule has 2 fully saturated rings. The highest BCUT2D eigenvalue weighted by molar-refractivity contribution is 8.14. The van der Waals surface area contributed by atoms with Crippen molar-refractivity contribution in [3.05, 3.63) is 0 Å². The van der Waals surface area contributed by atoms with Gasteiger partial charge in [-0.05, 0) is 19.3 Å². The maximum atomic E-state index is 10.9. The minimum Gasteiger partial charge on any atom is -0.374 e. The lowest BCUT2D eigenvalue weighted by Gasteiger charge is -2.13. The van der Waals surface area contributed by atoms with Gasteiger partial charge in [-0.15, -0.1) is 0 Å². The Morgan fingerprint density at radius 3 is 2.36 bits per heavy atom. The summed E-state index contributed by atoms with van der Waals surface area (Å²) in [7, 11) is 1.84. The van der Waals surface area contributed by atoms with E-state index in [4.69, 9.17) is 15.4 Å². The van der Waals surface area contributed by atoms with Gasteiger partial charge in [0.2, 0.25) is 9.05 Å². The summed E-state index contributed by atoms with van der Waals surface area (Å²) in [4.78, 5) is 0. The third-order valence-electron chi connectivity index (χ3n) is 2.41. The highest BCUT2D eigenvalue weighted by atomic mass is 35.7. The van der Waals surface area contributed by atoms with E-state index in [1.165, 1.54) is 0 Å². The molecule has 2 bridgehead atoms. The number of rotatable bonds is 1. The number of hydrogen-bond donors (Lipinski definition) is 0. The fraction of sp³-hybridized carbons (Fsp3) is 1.00. The predicted octanol–water partition coefficient (Wildman–Crippen LogP) is 0.875. The van der Waals surface area contributed by atoms with Crippen molar-refractivity contribution in [2.24, 2.45) is 0 Å². The molecule has 2 aliphatic heterocycles. The van der Waals surface area contributed by atoms with Gasteiger partial charge in [0.1, 0.15) is 5.25 Å². The summed E-state index contributed by atoms with van der Waals surface area (Å²) in [5, 5.41) is -0.442. The molecule has 0 unspecified atom stereocenters. The van der Waals surface area contributed by atoms with Crippen LogP contribution in [-0.2, 0) is 13.8 Å². The van der Waals surface area contributed by atoms with Crippen LogP contribution in [0.2, 0.25) is 0 Å². The molecule has 3 atom stereocenters. The molecule has 0 spiro atoms. The van der Waals surface area contributed by atoms with Crippen LogP contribution in [-0.4, -0.2) is 25.9 Å². The van der Waals surface area contributed by atoms with E-state index in [2.05, 4.69) is 0 Å². The van der Waals surface area contributed by atoms with Crippen molar-refractivity contribution in [3.63, 3.8) is 0 Å². The summed E-state index contributed by atoms with van der Waals surface area (Å²) in [6, 6.07) is 0. The van der Waals surface area contributed by atoms with Gasteiger partial charge in [-0.1, -0.05) is 0 Å². The van der Waals surface area contributed by atoms with Gasteiger partial charge in [0, 0.05) is 10.7 Å². The summed E-state index contributed by atoms with van der Waals surface area (Å²) < 4.78 is 27.2. The Morgan fingerprint density at radius 2 is 2.09 bits per heavy atom. The van der Waals surface area contributed by atoms with E-state index < -0.39 is 14.3 Å². The molecular formula is C6H9ClO3S. The molecule has 0 aromatic heterocycles. The third-order valence-corrected chi connectivity index (χ3v) is 4.32. The summed E-state index contributed by atoms with van der Waals surface area (Å²) in [5.41, 5.74) is 0. The minimum atomic E-state index is -3.39. The van der Waals surface area contributed by atoms with Crippen molar-refractivity contribution in [1.82, 2.24) is 0 Å². The van der Waals surface area contributed by atoms with Crippen molar-refractivity contribution in [1.29, 1.82) is 0 Å². The van der Waals surface area contributed by atoms with E-state index in [-0.39, 0.29) is 12.2 Å². The van der Waals surface area contributed by atoms with Crippen LogP contribution in [0.4, 0.5) is 0 Å². The molecule has 0 aromatic rings. The lowest BCUT2D eigenvalue weighted by atomic mass is 10.0. The molecule has 0 radical (unpaired) electrons. The van der Waals surface area contributed by atoms with Gasteiger partial charge in [0.05, 0.1) is 12.2 Å². The normalized spacial score (nSPS) is 43.2. The van der Waals surface area contributed by atoms with E-state index in [0.29, 0.717) is 6.42 Å². The van der Waals surface area contributed by atoms with Crippen LogP contribution in [0.1, 0.15) is 19.3 Å². The fourth-order valence-electron chi connectivity index (χ4n) is 1.89. The average Bonchev–Trinajstić information content (AvgIpc) is 2.42. The zero-order valence-electron chi connectivity index (χ0n) is 5.86. The summed E-state index contributed by atoms with van der Waals surface area (Å²) >= 11 is 0. The lowest BCUT2D eigenvalue weighted by Crippen LogP contribution is -2.27. The maximum absolute atomic E-state index is 10.9. The largest absolute Gasteiger partial charge is 0.374 e. The second-order valence-electron chi connectivity index (χ2n) is 3.12. The van der Waals surface area contributed by atoms with Gasteiger partial charge < -0.3 is 4.74 Å². The van der Waals surface area contributed by atoms with Gasteiger partial charge >= 0.3 is 0 Å². The predicted molar refractivity (Wildman–Crippen MR) is 41.1 cm³/mol. The highest BCUT2D eigenvalue weighted by Crippen LogP contribution is 2.38. The van der Waals surface area contributed by atoms with Crippen molar-refractivity contribution in [2.45, 2.75) is 36.7 Å². The summed E-state index contributed by atoms with van der Waals surface area (Å²) in [6.07, 6.45) is 2.46. The van der Waals surface area contributed by atoms with Crippen molar-refractivity contribution >= 4 is 19.7 Å². The number of fused-ring (bicyclic) bond motifs is 2. The van der Waals surface area contributed by atoms with Gasteiger partial charge in [0.15, 0.2) is 0 Å². The van der Waals surface area contributed by atoms with Crippen LogP contribution in [0.25, 0.3) is 0 Å². The Bertz CT molecular complexity index is 261. The topological polar surface area (TPSA) is 43.4 Å². The second kappa shape index (κ2) is 2.34. The van der Waals surface area contributed by atoms with Crippen molar-refractivity contribution in [2.75, 3.05) is 0 Å². The number of hydrogen-bond acceptors (Lipinski definition) is 3. The molecule has 3 nitrogen and oxygen atoms in total. The quantitative estimate of drug-likeness (QED) is 0.585. The molecule has 2 saturated heterocycles. The SMILES string of the molecule is O=S(=O)(Cl)[C@@H]1C[C@H]2CC[C@@H]1O2. The van der Waals surface area contributed by atoms with Crippen LogP contribution < -0.4 is 0 Å². The zero-order valence-corrected chi connectivity index (χ0v) is 7.44. The van der Waals surface area contributed by atoms with Crippen LogP contribution in [0.3, 0.4) is 0 Å². The zero-order chi connectivity index (χ0) is 8.06. The highest BCUT2D eigenvalue weighted by Gasteiger charge is 2.46. The van der Waals surface area contributed by atoms with E-state index in [1.807, 2.05) is 0 Å². The molecule has 0 amide bonds. The van der Waals surface area contributed by atoms with Crippen molar-refractivity contribution < 1.29 is 13.2 Å². The van der Waals surface area contributed by atoms with E-state index in [0.717, 1.165) is 12.8 Å². The first-order valence-corrected chi connectivity index (χ1v) is 6.03. The molecular weight excluding hydrogens is 188 g/mol. The van der Waals surface area contributed by atoms with Gasteiger partial charge in [-0.3, -0.25) is 0 Å². The monoisotopic (exact) mass is 196 g/mol. The van der Waals surface area contributed by atoms with E-state index in [9.17, 15) is 8.42 Å². The van der Waals surface area contributed by atoms with Crippen molar-refractivity contribution in [3.8, 4) is 0 Å². The standard InChI is InChI=1S/C6H9ClO3S/c7-11(8,9)6-3-4-1-2-5(6)10-4/h4-6H,1-3H2/t4-,5+,6-/m1/s1. The molecule has 0 aliphatic carbocycles. The molecule has 2 rings (SSSR count). The number of ether oxygens (including phenoxy) is 1. The Balaban J connectivity index is 2.21. The molecule has 5 heteroatoms. The molecule has 2 heterocycles. The van der Waals surface area contributed by atoms with Crippen LogP contribution in [0.5, 0.6) is 0 Å². The smallest absolute Gasteiger partial charge is 0.238 e. The fourth-order valence-corrected chi connectivity index (χ4v) is 3.46. The van der Waals surface area contributed by atoms with Crippen LogP contribution in [0, 0.1) is 0 Å². The molecule has 0 N–H and O–H groups in total. The molecule has 0 aromatic carbocycles. The Labute approximate surface area is 70.1 Å². The second-order valence-corrected chi connectivity index (χ2v) is 5.97. The van der Waals surface area contributed by atoms with E-state index >= 15 is 0 Å². The Morgan fingerprint density at radius 1 is 1.36 bits per heavy atom. The van der Waals surface area contributed by atoms with Crippen LogP contribution >= 0.6 is 10.7 Å². The minimum absolute atomic E-state index is 0.123. The van der Waals surface area contributed by atoms with Crippen LogP contribution in [0.15, 0.2) is 0 Å². The molecule has 0 saturated carbocycles. The molecule has 2 aliphatic rings. The average molecular weight is 197 g/mol. The van der Waals surface area contributed by atoms with E-state index in [1.54, 1.807) is 0 Å².